The van der Waals surface area contributed by atoms with Crippen molar-refractivity contribution >= 4 is 11.8 Å². The molecule has 0 saturated carbocycles. The lowest BCUT2D eigenvalue weighted by Crippen LogP contribution is -2.54. The van der Waals surface area contributed by atoms with Gasteiger partial charge in [0, 0.05) is 5.56 Å². The van der Waals surface area contributed by atoms with Gasteiger partial charge in [0.25, 0.3) is 11.8 Å². The molecule has 0 saturated heterocycles. The van der Waals surface area contributed by atoms with Gasteiger partial charge >= 0.3 is 0 Å². The van der Waals surface area contributed by atoms with E-state index in [-0.39, 0.29) is 0 Å². The van der Waals surface area contributed by atoms with Crippen molar-refractivity contribution in [2.75, 3.05) is 0 Å². The van der Waals surface area contributed by atoms with Crippen LogP contribution in [0.5, 0.6) is 0 Å². The van der Waals surface area contributed by atoms with Gasteiger partial charge in [-0.15, -0.1) is 0 Å². The minimum absolute atomic E-state index is 0.389. The molecule has 2 atom stereocenters. The molecule has 0 spiro atoms. The fourth-order valence-electron chi connectivity index (χ4n) is 2.16. The summed E-state index contributed by atoms with van der Waals surface area (Å²) in [5, 5.41) is 12.0. The van der Waals surface area contributed by atoms with E-state index in [4.69, 9.17) is 5.84 Å². The first-order chi connectivity index (χ1) is 11.0. The molecule has 0 unspecified atom stereocenters. The summed E-state index contributed by atoms with van der Waals surface area (Å²) in [6.07, 6.45) is -1.06. The van der Waals surface area contributed by atoms with Crippen molar-refractivity contribution < 1.29 is 14.7 Å². The molecule has 120 valence electrons. The first-order valence-electron chi connectivity index (χ1n) is 7.18. The van der Waals surface area contributed by atoms with Crippen LogP contribution in [0.3, 0.4) is 0 Å². The van der Waals surface area contributed by atoms with E-state index in [1.165, 1.54) is 6.92 Å². The predicted octanol–water partition coefficient (Wildman–Crippen LogP) is 0.823. The molecule has 6 heteroatoms. The van der Waals surface area contributed by atoms with Crippen molar-refractivity contribution in [3.05, 3.63) is 60.2 Å². The van der Waals surface area contributed by atoms with Crippen molar-refractivity contribution in [2.24, 2.45) is 5.84 Å². The highest BCUT2D eigenvalue weighted by Gasteiger charge is 2.25. The Morgan fingerprint density at radius 3 is 2.09 bits per heavy atom. The summed E-state index contributed by atoms with van der Waals surface area (Å²) in [5.41, 5.74) is 4.33. The molecule has 2 amide bonds. The number of aliphatic hydroxyl groups is 1. The lowest BCUT2D eigenvalue weighted by atomic mass is 10.0. The Hall–Kier alpha value is -2.70. The van der Waals surface area contributed by atoms with Crippen LogP contribution in [0.4, 0.5) is 0 Å². The van der Waals surface area contributed by atoms with Gasteiger partial charge in [0.15, 0.2) is 0 Å². The summed E-state index contributed by atoms with van der Waals surface area (Å²) in [4.78, 5) is 23.7. The van der Waals surface area contributed by atoms with E-state index in [2.05, 4.69) is 5.32 Å². The largest absolute Gasteiger partial charge is 0.391 e. The van der Waals surface area contributed by atoms with Gasteiger partial charge in [0.05, 0.1) is 6.10 Å². The maximum Gasteiger partial charge on any atom is 0.259 e. The summed E-state index contributed by atoms with van der Waals surface area (Å²) < 4.78 is 0. The van der Waals surface area contributed by atoms with Crippen molar-refractivity contribution in [1.29, 1.82) is 0 Å². The Morgan fingerprint density at radius 1 is 1.00 bits per heavy atom. The molecule has 0 aliphatic rings. The van der Waals surface area contributed by atoms with Crippen LogP contribution >= 0.6 is 0 Å². The minimum Gasteiger partial charge on any atom is -0.391 e. The third kappa shape index (κ3) is 4.15. The number of benzene rings is 2. The Labute approximate surface area is 134 Å². The molecule has 2 aromatic carbocycles. The third-order valence-electron chi connectivity index (χ3n) is 3.45. The number of aliphatic hydroxyl groups excluding tert-OH is 1. The first kappa shape index (κ1) is 16.7. The van der Waals surface area contributed by atoms with E-state index < -0.39 is 24.0 Å². The second-order valence-electron chi connectivity index (χ2n) is 5.14. The SMILES string of the molecule is C[C@@H](O)[C@H](NC(=O)c1ccc(-c2ccccc2)cc1)C(=O)NN. The average Bonchev–Trinajstić information content (AvgIpc) is 2.59. The van der Waals surface area contributed by atoms with Gasteiger partial charge in [-0.3, -0.25) is 15.0 Å². The van der Waals surface area contributed by atoms with Gasteiger partial charge in [-0.1, -0.05) is 42.5 Å². The Bertz CT molecular complexity index is 669. The highest BCUT2D eigenvalue weighted by molar-refractivity contribution is 5.98. The molecular weight excluding hydrogens is 294 g/mol. The van der Waals surface area contributed by atoms with Gasteiger partial charge < -0.3 is 10.4 Å². The van der Waals surface area contributed by atoms with Crippen LogP contribution in [0.15, 0.2) is 54.6 Å². The molecule has 0 bridgehead atoms. The summed E-state index contributed by atoms with van der Waals surface area (Å²) >= 11 is 0. The number of nitrogens with two attached hydrogens (primary N) is 1. The molecule has 0 aliphatic heterocycles. The van der Waals surface area contributed by atoms with Crippen LogP contribution in [0.25, 0.3) is 11.1 Å². The quantitative estimate of drug-likeness (QED) is 0.373. The number of nitrogens with one attached hydrogen (secondary N) is 2. The van der Waals surface area contributed by atoms with E-state index in [0.717, 1.165) is 11.1 Å². The lowest BCUT2D eigenvalue weighted by molar-refractivity contribution is -0.125. The van der Waals surface area contributed by atoms with E-state index in [1.807, 2.05) is 47.9 Å². The number of hydrazine groups is 1. The number of hydrogen-bond donors (Lipinski definition) is 4. The fraction of sp³-hybridized carbons (Fsp3) is 0.176. The average molecular weight is 313 g/mol. The predicted molar refractivity (Wildman–Crippen MR) is 87.1 cm³/mol. The normalized spacial score (nSPS) is 13.0. The van der Waals surface area contributed by atoms with Crippen molar-refractivity contribution in [3.8, 4) is 11.1 Å². The molecule has 0 radical (unpaired) electrons. The number of amides is 2. The van der Waals surface area contributed by atoms with Gasteiger partial charge in [0.2, 0.25) is 0 Å². The van der Waals surface area contributed by atoms with Crippen LogP contribution in [-0.2, 0) is 4.79 Å². The smallest absolute Gasteiger partial charge is 0.259 e. The number of rotatable bonds is 5. The third-order valence-corrected chi connectivity index (χ3v) is 3.45. The zero-order valence-corrected chi connectivity index (χ0v) is 12.7. The highest BCUT2D eigenvalue weighted by atomic mass is 16.3. The van der Waals surface area contributed by atoms with Crippen LogP contribution in [0.2, 0.25) is 0 Å². The lowest BCUT2D eigenvalue weighted by Gasteiger charge is -2.19. The summed E-state index contributed by atoms with van der Waals surface area (Å²) in [6, 6.07) is 15.6. The van der Waals surface area contributed by atoms with Crippen LogP contribution < -0.4 is 16.6 Å². The maximum atomic E-state index is 12.2. The Kier molecular flexibility index (Phi) is 5.46. The zero-order chi connectivity index (χ0) is 16.8. The molecular formula is C17H19N3O3. The molecule has 0 aliphatic carbocycles. The molecule has 0 fully saturated rings. The number of carbonyl (C=O) groups is 2. The van der Waals surface area contributed by atoms with Gasteiger partial charge in [-0.25, -0.2) is 5.84 Å². The molecule has 2 aromatic rings. The van der Waals surface area contributed by atoms with Crippen LogP contribution in [0, 0.1) is 0 Å². The van der Waals surface area contributed by atoms with Crippen molar-refractivity contribution in [1.82, 2.24) is 10.7 Å². The minimum atomic E-state index is -1.11. The van der Waals surface area contributed by atoms with E-state index in [9.17, 15) is 14.7 Å². The standard InChI is InChI=1S/C17H19N3O3/c1-11(21)15(17(23)20-18)19-16(22)14-9-7-13(8-10-14)12-5-3-2-4-6-12/h2-11,15,21H,18H2,1H3,(H,19,22)(H,20,23)/t11-,15+/m1/s1. The van der Waals surface area contributed by atoms with Crippen LogP contribution in [-0.4, -0.2) is 29.1 Å². The summed E-state index contributed by atoms with van der Waals surface area (Å²) in [7, 11) is 0. The molecule has 0 heterocycles. The zero-order valence-electron chi connectivity index (χ0n) is 12.7. The molecule has 6 nitrogen and oxygen atoms in total. The Balaban J connectivity index is 2.12. The topological polar surface area (TPSA) is 104 Å². The van der Waals surface area contributed by atoms with Gasteiger partial charge in [-0.2, -0.15) is 0 Å². The summed E-state index contributed by atoms with van der Waals surface area (Å²) in [5.74, 6) is 3.93. The Morgan fingerprint density at radius 2 is 1.57 bits per heavy atom. The fourth-order valence-corrected chi connectivity index (χ4v) is 2.16. The van der Waals surface area contributed by atoms with E-state index in [1.54, 1.807) is 12.1 Å². The highest BCUT2D eigenvalue weighted by Crippen LogP contribution is 2.19. The van der Waals surface area contributed by atoms with Crippen LogP contribution in [0.1, 0.15) is 17.3 Å². The van der Waals surface area contributed by atoms with E-state index >= 15 is 0 Å². The molecule has 2 rings (SSSR count). The molecule has 23 heavy (non-hydrogen) atoms. The van der Waals surface area contributed by atoms with Gasteiger partial charge in [-0.05, 0) is 30.2 Å². The molecule has 0 aromatic heterocycles. The number of hydrogen-bond acceptors (Lipinski definition) is 4. The first-order valence-corrected chi connectivity index (χ1v) is 7.18. The number of carbonyl (C=O) groups excluding carboxylic acids is 2. The monoisotopic (exact) mass is 313 g/mol. The van der Waals surface area contributed by atoms with E-state index in [0.29, 0.717) is 5.56 Å². The second-order valence-corrected chi connectivity index (χ2v) is 5.14. The van der Waals surface area contributed by atoms with Crippen molar-refractivity contribution in [3.63, 3.8) is 0 Å². The van der Waals surface area contributed by atoms with Crippen molar-refractivity contribution in [2.45, 2.75) is 19.1 Å². The summed E-state index contributed by atoms with van der Waals surface area (Å²) in [6.45, 7) is 1.40. The molecule has 5 N–H and O–H groups in total. The maximum absolute atomic E-state index is 12.2. The van der Waals surface area contributed by atoms with Gasteiger partial charge in [0.1, 0.15) is 6.04 Å². The second kappa shape index (κ2) is 7.53.